The second-order valence-corrected chi connectivity index (χ2v) is 6.98. The number of carbonyl (C=O) groups is 3. The number of nitrogens with zero attached hydrogens (tertiary/aromatic N) is 1. The average Bonchev–Trinajstić information content (AvgIpc) is 2.77. The normalized spacial score (nSPS) is 14.0. The van der Waals surface area contributed by atoms with Gasteiger partial charge in [0.25, 0.3) is 11.8 Å². The number of fused-ring (bicyclic) bond motifs is 1. The quantitative estimate of drug-likeness (QED) is 0.640. The minimum atomic E-state index is -3.38. The van der Waals surface area contributed by atoms with E-state index in [1.165, 1.54) is 7.05 Å². The van der Waals surface area contributed by atoms with Crippen molar-refractivity contribution in [2.75, 3.05) is 25.9 Å². The third kappa shape index (κ3) is 3.93. The van der Waals surface area contributed by atoms with Gasteiger partial charge in [0, 0.05) is 19.5 Å². The van der Waals surface area contributed by atoms with Crippen LogP contribution in [0.25, 0.3) is 0 Å². The van der Waals surface area contributed by atoms with Crippen LogP contribution in [-0.4, -0.2) is 56.9 Å². The van der Waals surface area contributed by atoms with Gasteiger partial charge in [0.2, 0.25) is 15.9 Å². The number of amides is 3. The first-order chi connectivity index (χ1) is 10.9. The summed E-state index contributed by atoms with van der Waals surface area (Å²) in [6.45, 7) is -0.0823. The topological polar surface area (TPSA) is 113 Å². The van der Waals surface area contributed by atoms with Crippen LogP contribution in [-0.2, 0) is 14.8 Å². The third-order valence-corrected chi connectivity index (χ3v) is 4.81. The van der Waals surface area contributed by atoms with E-state index < -0.39 is 27.7 Å². The lowest BCUT2D eigenvalue weighted by Crippen LogP contribution is -2.36. The van der Waals surface area contributed by atoms with E-state index in [0.717, 1.165) is 4.90 Å². The lowest BCUT2D eigenvalue weighted by molar-refractivity contribution is -0.121. The van der Waals surface area contributed by atoms with Gasteiger partial charge in [-0.1, -0.05) is 12.1 Å². The Morgan fingerprint density at radius 3 is 2.22 bits per heavy atom. The van der Waals surface area contributed by atoms with Crippen molar-refractivity contribution >= 4 is 27.7 Å². The van der Waals surface area contributed by atoms with E-state index in [9.17, 15) is 22.8 Å². The number of benzene rings is 1. The maximum absolute atomic E-state index is 12.1. The lowest BCUT2D eigenvalue weighted by Gasteiger charge is -2.13. The zero-order valence-corrected chi connectivity index (χ0v) is 13.4. The Morgan fingerprint density at radius 1 is 1.13 bits per heavy atom. The number of imide groups is 1. The number of carbonyl (C=O) groups excluding carboxylic acids is 3. The molecule has 9 heteroatoms. The molecule has 0 spiro atoms. The maximum atomic E-state index is 12.1. The van der Waals surface area contributed by atoms with Crippen LogP contribution in [0.1, 0.15) is 27.1 Å². The van der Waals surface area contributed by atoms with E-state index in [1.807, 2.05) is 0 Å². The first-order valence-corrected chi connectivity index (χ1v) is 8.64. The molecule has 124 valence electrons. The summed E-state index contributed by atoms with van der Waals surface area (Å²) in [5.41, 5.74) is 0.663. The molecule has 0 bridgehead atoms. The SMILES string of the molecule is CNS(=O)(=O)CCNC(=O)CCN1C(=O)c2ccccc2C1=O. The van der Waals surface area contributed by atoms with Crippen LogP contribution in [0.2, 0.25) is 0 Å². The molecule has 23 heavy (non-hydrogen) atoms. The van der Waals surface area contributed by atoms with Gasteiger partial charge in [-0.15, -0.1) is 0 Å². The molecule has 0 aromatic heterocycles. The van der Waals surface area contributed by atoms with Gasteiger partial charge in [-0.3, -0.25) is 19.3 Å². The summed E-state index contributed by atoms with van der Waals surface area (Å²) in [6.07, 6.45) is -0.0783. The van der Waals surface area contributed by atoms with Gasteiger partial charge >= 0.3 is 0 Å². The van der Waals surface area contributed by atoms with E-state index >= 15 is 0 Å². The van der Waals surface area contributed by atoms with Gasteiger partial charge in [-0.25, -0.2) is 13.1 Å². The number of sulfonamides is 1. The van der Waals surface area contributed by atoms with Crippen molar-refractivity contribution in [3.63, 3.8) is 0 Å². The van der Waals surface area contributed by atoms with Crippen LogP contribution in [0.5, 0.6) is 0 Å². The minimum Gasteiger partial charge on any atom is -0.355 e. The van der Waals surface area contributed by atoms with Gasteiger partial charge in [-0.2, -0.15) is 0 Å². The molecule has 3 amide bonds. The van der Waals surface area contributed by atoms with E-state index in [4.69, 9.17) is 0 Å². The van der Waals surface area contributed by atoms with Crippen molar-refractivity contribution in [1.29, 1.82) is 0 Å². The predicted octanol–water partition coefficient (Wildman–Crippen LogP) is -0.662. The van der Waals surface area contributed by atoms with Crippen LogP contribution in [0, 0.1) is 0 Å². The molecule has 1 aromatic rings. The van der Waals surface area contributed by atoms with Gasteiger partial charge < -0.3 is 5.32 Å². The maximum Gasteiger partial charge on any atom is 0.261 e. The van der Waals surface area contributed by atoms with Crippen molar-refractivity contribution < 1.29 is 22.8 Å². The summed E-state index contributed by atoms with van der Waals surface area (Å²) in [5, 5.41) is 2.44. The molecule has 0 aliphatic carbocycles. The number of nitrogens with one attached hydrogen (secondary N) is 2. The Labute approximate surface area is 133 Å². The molecule has 2 rings (SSSR count). The molecule has 0 fully saturated rings. The molecule has 1 aliphatic heterocycles. The van der Waals surface area contributed by atoms with Crippen molar-refractivity contribution in [2.45, 2.75) is 6.42 Å². The smallest absolute Gasteiger partial charge is 0.261 e. The standard InChI is InChI=1S/C14H17N3O5S/c1-15-23(21,22)9-7-16-12(18)6-8-17-13(19)10-4-2-3-5-11(10)14(17)20/h2-5,15H,6-9H2,1H3,(H,16,18). The number of rotatable bonds is 7. The number of hydrogen-bond donors (Lipinski definition) is 2. The molecule has 0 saturated carbocycles. The van der Waals surface area contributed by atoms with Gasteiger partial charge in [0.15, 0.2) is 0 Å². The Hall–Kier alpha value is -2.26. The average molecular weight is 339 g/mol. The van der Waals surface area contributed by atoms with E-state index in [-0.39, 0.29) is 25.3 Å². The first kappa shape index (κ1) is 17.1. The summed E-state index contributed by atoms with van der Waals surface area (Å²) in [5.74, 6) is -1.50. The largest absolute Gasteiger partial charge is 0.355 e. The Kier molecular flexibility index (Phi) is 5.12. The van der Waals surface area contributed by atoms with Crippen LogP contribution in [0.15, 0.2) is 24.3 Å². The summed E-state index contributed by atoms with van der Waals surface area (Å²) in [4.78, 5) is 36.9. The van der Waals surface area contributed by atoms with Gasteiger partial charge in [-0.05, 0) is 19.2 Å². The third-order valence-electron chi connectivity index (χ3n) is 3.44. The highest BCUT2D eigenvalue weighted by atomic mass is 32.2. The van der Waals surface area contributed by atoms with E-state index in [0.29, 0.717) is 11.1 Å². The van der Waals surface area contributed by atoms with Crippen molar-refractivity contribution in [1.82, 2.24) is 14.9 Å². The number of hydrogen-bond acceptors (Lipinski definition) is 5. The fourth-order valence-electron chi connectivity index (χ4n) is 2.17. The van der Waals surface area contributed by atoms with Crippen molar-refractivity contribution in [3.05, 3.63) is 35.4 Å². The Bertz CT molecular complexity index is 710. The highest BCUT2D eigenvalue weighted by Crippen LogP contribution is 2.22. The molecule has 0 saturated heterocycles. The fourth-order valence-corrected chi connectivity index (χ4v) is 2.75. The summed E-state index contributed by atoms with van der Waals surface area (Å²) in [7, 11) is -2.09. The molecule has 2 N–H and O–H groups in total. The first-order valence-electron chi connectivity index (χ1n) is 6.99. The van der Waals surface area contributed by atoms with E-state index in [1.54, 1.807) is 24.3 Å². The fraction of sp³-hybridized carbons (Fsp3) is 0.357. The molecule has 1 heterocycles. The zero-order valence-electron chi connectivity index (χ0n) is 12.5. The van der Waals surface area contributed by atoms with E-state index in [2.05, 4.69) is 10.0 Å². The van der Waals surface area contributed by atoms with Gasteiger partial charge in [0.1, 0.15) is 0 Å². The van der Waals surface area contributed by atoms with Crippen LogP contribution < -0.4 is 10.0 Å². The van der Waals surface area contributed by atoms with Crippen molar-refractivity contribution in [3.8, 4) is 0 Å². The molecule has 1 aromatic carbocycles. The van der Waals surface area contributed by atoms with Crippen LogP contribution >= 0.6 is 0 Å². The Morgan fingerprint density at radius 2 is 1.70 bits per heavy atom. The summed E-state index contributed by atoms with van der Waals surface area (Å²) >= 11 is 0. The predicted molar refractivity (Wildman–Crippen MR) is 82.3 cm³/mol. The van der Waals surface area contributed by atoms with Crippen molar-refractivity contribution in [2.24, 2.45) is 0 Å². The lowest BCUT2D eigenvalue weighted by atomic mass is 10.1. The monoisotopic (exact) mass is 339 g/mol. The Balaban J connectivity index is 1.84. The second-order valence-electron chi connectivity index (χ2n) is 4.93. The van der Waals surface area contributed by atoms with Crippen LogP contribution in [0.3, 0.4) is 0 Å². The molecule has 1 aliphatic rings. The highest BCUT2D eigenvalue weighted by molar-refractivity contribution is 7.89. The molecular weight excluding hydrogens is 322 g/mol. The zero-order chi connectivity index (χ0) is 17.0. The summed E-state index contributed by atoms with van der Waals surface area (Å²) in [6, 6.07) is 6.47. The summed E-state index contributed by atoms with van der Waals surface area (Å²) < 4.78 is 24.5. The molecular formula is C14H17N3O5S. The van der Waals surface area contributed by atoms with Crippen LogP contribution in [0.4, 0.5) is 0 Å². The molecule has 8 nitrogen and oxygen atoms in total. The second kappa shape index (κ2) is 6.88. The highest BCUT2D eigenvalue weighted by Gasteiger charge is 2.34. The minimum absolute atomic E-state index is 0.0376. The molecule has 0 unspecified atom stereocenters. The molecule has 0 atom stereocenters. The van der Waals surface area contributed by atoms with Gasteiger partial charge in [0.05, 0.1) is 16.9 Å². The molecule has 0 radical (unpaired) electrons.